The van der Waals surface area contributed by atoms with Crippen molar-refractivity contribution in [2.45, 2.75) is 117 Å². The lowest BCUT2D eigenvalue weighted by Crippen LogP contribution is -2.40. The first-order valence-electron chi connectivity index (χ1n) is 12.6. The number of rotatable bonds is 20. The van der Waals surface area contributed by atoms with Crippen LogP contribution in [0, 0.1) is 0 Å². The van der Waals surface area contributed by atoms with Gasteiger partial charge in [-0.2, -0.15) is 0 Å². The van der Waals surface area contributed by atoms with Gasteiger partial charge in [-0.25, -0.2) is 8.61 Å². The quantitative estimate of drug-likeness (QED) is 0.142. The van der Waals surface area contributed by atoms with E-state index in [2.05, 4.69) is 46.4 Å². The lowest BCUT2D eigenvalue weighted by atomic mass is 10.1. The summed E-state index contributed by atoms with van der Waals surface area (Å²) in [6.07, 6.45) is 22.9. The SMILES string of the molecule is CCCCCCCCCCSN1CCN(SCCCCCCCCCC)CC1. The summed E-state index contributed by atoms with van der Waals surface area (Å²) in [5, 5.41) is 0. The third-order valence-corrected chi connectivity index (χ3v) is 8.14. The summed E-state index contributed by atoms with van der Waals surface area (Å²) in [7, 11) is 0. The van der Waals surface area contributed by atoms with Crippen LogP contribution in [0.4, 0.5) is 0 Å². The van der Waals surface area contributed by atoms with Crippen LogP contribution in [-0.4, -0.2) is 46.3 Å². The van der Waals surface area contributed by atoms with E-state index < -0.39 is 0 Å². The minimum Gasteiger partial charge on any atom is -0.248 e. The van der Waals surface area contributed by atoms with Gasteiger partial charge in [0.25, 0.3) is 0 Å². The van der Waals surface area contributed by atoms with Gasteiger partial charge in [-0.05, 0) is 12.8 Å². The fourth-order valence-electron chi connectivity index (χ4n) is 3.79. The summed E-state index contributed by atoms with van der Waals surface area (Å²) < 4.78 is 5.24. The molecule has 0 unspecified atom stereocenters. The standard InChI is InChI=1S/C24H50N2S2/c1-3-5-7-9-11-13-15-17-23-27-25-19-21-26(22-20-25)28-24-18-16-14-12-10-8-6-4-2/h3-24H2,1-2H3. The third-order valence-electron chi connectivity index (χ3n) is 5.74. The second kappa shape index (κ2) is 20.9. The van der Waals surface area contributed by atoms with Crippen molar-refractivity contribution in [1.29, 1.82) is 0 Å². The zero-order valence-corrected chi connectivity index (χ0v) is 20.9. The normalized spacial score (nSPS) is 16.1. The second-order valence-corrected chi connectivity index (χ2v) is 10.8. The molecular formula is C24H50N2S2. The fraction of sp³-hybridized carbons (Fsp3) is 1.00. The molecule has 0 aromatic rings. The van der Waals surface area contributed by atoms with E-state index in [1.54, 1.807) is 0 Å². The lowest BCUT2D eigenvalue weighted by Gasteiger charge is -2.33. The molecule has 28 heavy (non-hydrogen) atoms. The van der Waals surface area contributed by atoms with Crippen molar-refractivity contribution in [1.82, 2.24) is 8.61 Å². The topological polar surface area (TPSA) is 6.48 Å². The van der Waals surface area contributed by atoms with E-state index >= 15 is 0 Å². The summed E-state index contributed by atoms with van der Waals surface area (Å²) in [5.41, 5.74) is 0. The zero-order valence-electron chi connectivity index (χ0n) is 19.3. The number of hydrogen-bond donors (Lipinski definition) is 0. The lowest BCUT2D eigenvalue weighted by molar-refractivity contribution is 0.308. The number of nitrogens with zero attached hydrogens (tertiary/aromatic N) is 2. The van der Waals surface area contributed by atoms with Gasteiger partial charge in [0.05, 0.1) is 0 Å². The highest BCUT2D eigenvalue weighted by Gasteiger charge is 2.17. The van der Waals surface area contributed by atoms with Crippen LogP contribution in [0.25, 0.3) is 0 Å². The van der Waals surface area contributed by atoms with E-state index in [4.69, 9.17) is 0 Å². The minimum atomic E-state index is 1.26. The number of unbranched alkanes of at least 4 members (excludes halogenated alkanes) is 14. The Hall–Kier alpha value is 0.620. The van der Waals surface area contributed by atoms with Crippen LogP contribution in [0.3, 0.4) is 0 Å². The highest BCUT2D eigenvalue weighted by Crippen LogP contribution is 2.21. The van der Waals surface area contributed by atoms with Crippen LogP contribution < -0.4 is 0 Å². The maximum absolute atomic E-state index is 2.62. The van der Waals surface area contributed by atoms with E-state index in [0.29, 0.717) is 0 Å². The molecule has 0 aromatic heterocycles. The van der Waals surface area contributed by atoms with Crippen molar-refractivity contribution in [3.63, 3.8) is 0 Å². The van der Waals surface area contributed by atoms with E-state index in [9.17, 15) is 0 Å². The van der Waals surface area contributed by atoms with Gasteiger partial charge in [-0.3, -0.25) is 0 Å². The molecule has 168 valence electrons. The summed E-state index contributed by atoms with van der Waals surface area (Å²) >= 11 is 4.22. The largest absolute Gasteiger partial charge is 0.248 e. The fourth-order valence-corrected chi connectivity index (χ4v) is 5.81. The van der Waals surface area contributed by atoms with E-state index in [0.717, 1.165) is 0 Å². The van der Waals surface area contributed by atoms with E-state index in [1.165, 1.54) is 140 Å². The average molecular weight is 431 g/mol. The Balaban J connectivity index is 1.81. The molecule has 1 rings (SSSR count). The molecule has 0 saturated carbocycles. The predicted octanol–water partition coefficient (Wildman–Crippen LogP) is 8.18. The van der Waals surface area contributed by atoms with Crippen LogP contribution in [-0.2, 0) is 0 Å². The van der Waals surface area contributed by atoms with Gasteiger partial charge in [0, 0.05) is 37.7 Å². The maximum atomic E-state index is 2.62. The monoisotopic (exact) mass is 430 g/mol. The van der Waals surface area contributed by atoms with Crippen molar-refractivity contribution < 1.29 is 0 Å². The van der Waals surface area contributed by atoms with Gasteiger partial charge in [0.1, 0.15) is 0 Å². The first-order valence-corrected chi connectivity index (χ1v) is 14.5. The van der Waals surface area contributed by atoms with E-state index in [-0.39, 0.29) is 0 Å². The summed E-state index contributed by atoms with van der Waals surface area (Å²) in [6, 6.07) is 0. The molecule has 1 aliphatic heterocycles. The van der Waals surface area contributed by atoms with Gasteiger partial charge >= 0.3 is 0 Å². The molecule has 0 aliphatic carbocycles. The highest BCUT2D eigenvalue weighted by molar-refractivity contribution is 7.97. The Morgan fingerprint density at radius 1 is 0.429 bits per heavy atom. The first kappa shape index (κ1) is 26.7. The van der Waals surface area contributed by atoms with E-state index in [1.807, 2.05) is 0 Å². The van der Waals surface area contributed by atoms with Crippen molar-refractivity contribution in [2.24, 2.45) is 0 Å². The van der Waals surface area contributed by atoms with Crippen LogP contribution >= 0.6 is 23.9 Å². The maximum Gasteiger partial charge on any atom is 0.0227 e. The Labute approximate surface area is 186 Å². The Kier molecular flexibility index (Phi) is 19.9. The Bertz CT molecular complexity index is 277. The van der Waals surface area contributed by atoms with Crippen LogP contribution in [0.5, 0.6) is 0 Å². The molecule has 1 heterocycles. The highest BCUT2D eigenvalue weighted by atomic mass is 32.2. The predicted molar refractivity (Wildman–Crippen MR) is 133 cm³/mol. The number of piperazine rings is 1. The van der Waals surface area contributed by atoms with Gasteiger partial charge in [0.15, 0.2) is 0 Å². The van der Waals surface area contributed by atoms with Crippen molar-refractivity contribution in [3.05, 3.63) is 0 Å². The molecule has 1 fully saturated rings. The van der Waals surface area contributed by atoms with Gasteiger partial charge in [-0.1, -0.05) is 128 Å². The molecule has 0 bridgehead atoms. The molecule has 0 aromatic carbocycles. The van der Waals surface area contributed by atoms with Crippen LogP contribution in [0.15, 0.2) is 0 Å². The zero-order chi connectivity index (χ0) is 20.1. The minimum absolute atomic E-state index is 1.26. The molecule has 0 spiro atoms. The smallest absolute Gasteiger partial charge is 0.0227 e. The average Bonchev–Trinajstić information content (AvgIpc) is 2.72. The number of hydrogen-bond acceptors (Lipinski definition) is 4. The Morgan fingerprint density at radius 3 is 1.04 bits per heavy atom. The first-order chi connectivity index (χ1) is 13.9. The van der Waals surface area contributed by atoms with Crippen LogP contribution in [0.2, 0.25) is 0 Å². The molecular weight excluding hydrogens is 380 g/mol. The molecule has 0 amide bonds. The molecule has 0 atom stereocenters. The van der Waals surface area contributed by atoms with Gasteiger partial charge < -0.3 is 0 Å². The van der Waals surface area contributed by atoms with Crippen molar-refractivity contribution >= 4 is 23.9 Å². The molecule has 2 nitrogen and oxygen atoms in total. The molecule has 1 aliphatic rings. The molecule has 0 radical (unpaired) electrons. The second-order valence-electron chi connectivity index (χ2n) is 8.47. The van der Waals surface area contributed by atoms with Gasteiger partial charge in [-0.15, -0.1) is 0 Å². The summed E-state index contributed by atoms with van der Waals surface area (Å²) in [5.74, 6) is 2.67. The third kappa shape index (κ3) is 16.4. The van der Waals surface area contributed by atoms with Gasteiger partial charge in [0.2, 0.25) is 0 Å². The van der Waals surface area contributed by atoms with Crippen molar-refractivity contribution in [2.75, 3.05) is 37.7 Å². The molecule has 1 saturated heterocycles. The Morgan fingerprint density at radius 2 is 0.714 bits per heavy atom. The molecule has 0 N–H and O–H groups in total. The van der Waals surface area contributed by atoms with Crippen LogP contribution in [0.1, 0.15) is 117 Å². The summed E-state index contributed by atoms with van der Waals surface area (Å²) in [4.78, 5) is 0. The molecule has 4 heteroatoms. The van der Waals surface area contributed by atoms with Crippen molar-refractivity contribution in [3.8, 4) is 0 Å². The summed E-state index contributed by atoms with van der Waals surface area (Å²) in [6.45, 7) is 9.62.